The third kappa shape index (κ3) is 16.5. The minimum absolute atomic E-state index is 0.405. The van der Waals surface area contributed by atoms with Crippen LogP contribution in [0.15, 0.2) is 37.0 Å². The Morgan fingerprint density at radius 1 is 1.00 bits per heavy atom. The molecule has 2 N–H and O–H groups in total. The molecule has 23 heavy (non-hydrogen) atoms. The molecule has 126 valence electrons. The van der Waals surface area contributed by atoms with Gasteiger partial charge < -0.3 is 10.2 Å². The Bertz CT molecular complexity index is 443. The molecule has 2 atom stereocenters. The smallest absolute Gasteiger partial charge is 0.114 e. The monoisotopic (exact) mass is 314 g/mol. The van der Waals surface area contributed by atoms with Gasteiger partial charge >= 0.3 is 0 Å². The average Bonchev–Trinajstić information content (AvgIpc) is 2.57. The fourth-order valence-corrected chi connectivity index (χ4v) is 1.96. The molecule has 0 bridgehead atoms. The summed E-state index contributed by atoms with van der Waals surface area (Å²) in [5.74, 6) is 8.37. The van der Waals surface area contributed by atoms with Crippen molar-refractivity contribution in [2.24, 2.45) is 0 Å². The maximum atomic E-state index is 9.28. The van der Waals surface area contributed by atoms with Crippen molar-refractivity contribution < 1.29 is 10.2 Å². The minimum Gasteiger partial charge on any atom is -0.389 e. The number of rotatable bonds is 12. The summed E-state index contributed by atoms with van der Waals surface area (Å²) in [6.07, 6.45) is 22.3. The summed E-state index contributed by atoms with van der Waals surface area (Å²) in [7, 11) is 0. The molecule has 2 heteroatoms. The number of aliphatic hydroxyl groups is 2. The van der Waals surface area contributed by atoms with E-state index in [1.807, 2.05) is 18.2 Å². The van der Waals surface area contributed by atoms with E-state index < -0.39 is 12.2 Å². The number of aliphatic hydroxyl groups excluding tert-OH is 2. The third-order valence-electron chi connectivity index (χ3n) is 3.39. The molecular formula is C21H30O2. The Kier molecular flexibility index (Phi) is 15.4. The predicted molar refractivity (Wildman–Crippen MR) is 98.7 cm³/mol. The maximum Gasteiger partial charge on any atom is 0.114 e. The van der Waals surface area contributed by atoms with Crippen LogP contribution in [0.2, 0.25) is 0 Å². The fourth-order valence-electron chi connectivity index (χ4n) is 1.96. The van der Waals surface area contributed by atoms with Gasteiger partial charge in [-0.15, -0.1) is 13.0 Å². The summed E-state index contributed by atoms with van der Waals surface area (Å²) in [5, 5.41) is 18.5. The van der Waals surface area contributed by atoms with Crippen LogP contribution in [0.4, 0.5) is 0 Å². The van der Waals surface area contributed by atoms with Gasteiger partial charge in [0.2, 0.25) is 0 Å². The Morgan fingerprint density at radius 3 is 2.52 bits per heavy atom. The molecule has 2 nitrogen and oxygen atoms in total. The number of unbranched alkanes of at least 4 members (excludes halogenated alkanes) is 5. The van der Waals surface area contributed by atoms with Crippen molar-refractivity contribution in [1.82, 2.24) is 0 Å². The van der Waals surface area contributed by atoms with E-state index in [0.29, 0.717) is 6.42 Å². The van der Waals surface area contributed by atoms with Crippen molar-refractivity contribution in [3.8, 4) is 24.2 Å². The molecule has 0 heterocycles. The highest BCUT2D eigenvalue weighted by Crippen LogP contribution is 2.07. The quantitative estimate of drug-likeness (QED) is 0.246. The van der Waals surface area contributed by atoms with Crippen molar-refractivity contribution in [3.05, 3.63) is 37.0 Å². The van der Waals surface area contributed by atoms with E-state index in [0.717, 1.165) is 44.9 Å². The molecule has 0 fully saturated rings. The van der Waals surface area contributed by atoms with Crippen LogP contribution in [0.1, 0.15) is 57.8 Å². The molecule has 0 amide bonds. The first-order valence-corrected chi connectivity index (χ1v) is 8.45. The molecule has 0 saturated carbocycles. The van der Waals surface area contributed by atoms with E-state index in [2.05, 4.69) is 30.4 Å². The van der Waals surface area contributed by atoms with E-state index in [4.69, 9.17) is 6.42 Å². The molecule has 0 rings (SSSR count). The second-order valence-corrected chi connectivity index (χ2v) is 5.48. The first kappa shape index (κ1) is 21.3. The molecule has 0 aliphatic rings. The Morgan fingerprint density at radius 2 is 1.78 bits per heavy atom. The van der Waals surface area contributed by atoms with Gasteiger partial charge in [-0.3, -0.25) is 0 Å². The Labute approximate surface area is 142 Å². The van der Waals surface area contributed by atoms with Crippen LogP contribution in [-0.4, -0.2) is 22.4 Å². The van der Waals surface area contributed by atoms with Crippen LogP contribution in [0, 0.1) is 24.2 Å². The van der Waals surface area contributed by atoms with Crippen molar-refractivity contribution >= 4 is 0 Å². The van der Waals surface area contributed by atoms with Crippen molar-refractivity contribution in [3.63, 3.8) is 0 Å². The largest absolute Gasteiger partial charge is 0.389 e. The van der Waals surface area contributed by atoms with Crippen LogP contribution in [0.25, 0.3) is 0 Å². The van der Waals surface area contributed by atoms with Gasteiger partial charge in [-0.1, -0.05) is 54.9 Å². The Hall–Kier alpha value is -1.74. The summed E-state index contributed by atoms with van der Waals surface area (Å²) < 4.78 is 0. The summed E-state index contributed by atoms with van der Waals surface area (Å²) in [6, 6.07) is 0. The van der Waals surface area contributed by atoms with Gasteiger partial charge in [0.1, 0.15) is 6.10 Å². The standard InChI is InChI=1S/C21H30O2/c1-3-20(22)18-16-14-12-10-8-6-5-7-9-11-13-15-17-19-21(23)4-2/h1,4-7,9,20-23H,2,8,10,12,14-19H2. The zero-order valence-corrected chi connectivity index (χ0v) is 14.1. The molecule has 0 aliphatic heterocycles. The molecule has 0 saturated heterocycles. The lowest BCUT2D eigenvalue weighted by Crippen LogP contribution is -2.01. The van der Waals surface area contributed by atoms with E-state index in [1.54, 1.807) is 6.08 Å². The zero-order chi connectivity index (χ0) is 17.2. The van der Waals surface area contributed by atoms with Gasteiger partial charge in [0.25, 0.3) is 0 Å². The summed E-state index contributed by atoms with van der Waals surface area (Å²) in [5.41, 5.74) is 0. The fraction of sp³-hybridized carbons (Fsp3) is 0.524. The topological polar surface area (TPSA) is 40.5 Å². The number of allylic oxidation sites excluding steroid dienone is 4. The van der Waals surface area contributed by atoms with Crippen LogP contribution in [0.3, 0.4) is 0 Å². The number of terminal acetylenes is 1. The molecule has 0 aromatic rings. The van der Waals surface area contributed by atoms with Crippen molar-refractivity contribution in [1.29, 1.82) is 0 Å². The van der Waals surface area contributed by atoms with Crippen LogP contribution >= 0.6 is 0 Å². The minimum atomic E-state index is -0.576. The second kappa shape index (κ2) is 16.6. The lowest BCUT2D eigenvalue weighted by atomic mass is 10.1. The Balaban J connectivity index is 3.46. The first-order chi connectivity index (χ1) is 11.2. The highest BCUT2D eigenvalue weighted by Gasteiger charge is 1.97. The lowest BCUT2D eigenvalue weighted by Gasteiger charge is -2.02. The third-order valence-corrected chi connectivity index (χ3v) is 3.39. The summed E-state index contributed by atoms with van der Waals surface area (Å²) >= 11 is 0. The highest BCUT2D eigenvalue weighted by molar-refractivity contribution is 5.19. The maximum absolute atomic E-state index is 9.28. The van der Waals surface area contributed by atoms with Gasteiger partial charge in [0, 0.05) is 6.42 Å². The highest BCUT2D eigenvalue weighted by atomic mass is 16.3. The molecule has 0 aromatic carbocycles. The summed E-state index contributed by atoms with van der Waals surface area (Å²) in [6.45, 7) is 3.53. The van der Waals surface area contributed by atoms with Crippen LogP contribution in [-0.2, 0) is 0 Å². The van der Waals surface area contributed by atoms with Crippen molar-refractivity contribution in [2.75, 3.05) is 0 Å². The predicted octanol–water partition coefficient (Wildman–Crippen LogP) is 4.15. The lowest BCUT2D eigenvalue weighted by molar-refractivity contribution is 0.210. The molecule has 0 aliphatic carbocycles. The van der Waals surface area contributed by atoms with Gasteiger partial charge in [-0.25, -0.2) is 0 Å². The second-order valence-electron chi connectivity index (χ2n) is 5.48. The van der Waals surface area contributed by atoms with Crippen molar-refractivity contribution in [2.45, 2.75) is 70.0 Å². The zero-order valence-electron chi connectivity index (χ0n) is 14.1. The van der Waals surface area contributed by atoms with Gasteiger partial charge in [-0.05, 0) is 44.6 Å². The number of hydrogen-bond donors (Lipinski definition) is 2. The molecule has 2 unspecified atom stereocenters. The van der Waals surface area contributed by atoms with E-state index >= 15 is 0 Å². The SMILES string of the molecule is C#CC(O)CCCCCCC=CC=CC#CCCCC(O)C=C. The summed E-state index contributed by atoms with van der Waals surface area (Å²) in [4.78, 5) is 0. The first-order valence-electron chi connectivity index (χ1n) is 8.45. The van der Waals surface area contributed by atoms with Crippen LogP contribution < -0.4 is 0 Å². The normalized spacial score (nSPS) is 13.4. The van der Waals surface area contributed by atoms with Gasteiger partial charge in [0.15, 0.2) is 0 Å². The average molecular weight is 314 g/mol. The van der Waals surface area contributed by atoms with Gasteiger partial charge in [-0.2, -0.15) is 0 Å². The number of hydrogen-bond acceptors (Lipinski definition) is 2. The molecule has 0 spiro atoms. The van der Waals surface area contributed by atoms with E-state index in [1.165, 1.54) is 6.42 Å². The van der Waals surface area contributed by atoms with E-state index in [-0.39, 0.29) is 0 Å². The molecule has 0 radical (unpaired) electrons. The van der Waals surface area contributed by atoms with Gasteiger partial charge in [0.05, 0.1) is 6.10 Å². The van der Waals surface area contributed by atoms with Crippen LogP contribution in [0.5, 0.6) is 0 Å². The molecule has 0 aromatic heterocycles. The molecular weight excluding hydrogens is 284 g/mol. The van der Waals surface area contributed by atoms with E-state index in [9.17, 15) is 10.2 Å².